The molecular formula is C27H66N6O4P34S. The third-order valence-corrected chi connectivity index (χ3v) is 237. The average molecular weight is 1620 g/mol. The van der Waals surface area contributed by atoms with Crippen LogP contribution in [-0.4, -0.2) is 53.1 Å². The van der Waals surface area contributed by atoms with Gasteiger partial charge in [-0.3, -0.25) is 0 Å². The summed E-state index contributed by atoms with van der Waals surface area (Å²) < 4.78 is 36.6. The van der Waals surface area contributed by atoms with Gasteiger partial charge in [0.1, 0.15) is 0 Å². The minimum Gasteiger partial charge on any atom is -0.414 e. The van der Waals surface area contributed by atoms with E-state index < -0.39 is 15.1 Å². The Hall–Kier alpha value is 10.9. The molecule has 1 saturated heterocycles. The molecule has 5 rings (SSSR count). The first-order valence-electron chi connectivity index (χ1n) is 20.2. The highest BCUT2D eigenvalue weighted by atomic mass is 33.5. The molecule has 0 bridgehead atoms. The van der Waals surface area contributed by atoms with E-state index >= 15 is 0 Å². The fourth-order valence-corrected chi connectivity index (χ4v) is 468. The van der Waals surface area contributed by atoms with Crippen LogP contribution in [0.3, 0.4) is 0 Å². The summed E-state index contributed by atoms with van der Waals surface area (Å²) in [7, 11) is 56.6. The molecule has 0 radical (unpaired) electrons. The molecule has 1 aliphatic rings. The van der Waals surface area contributed by atoms with Crippen molar-refractivity contribution in [3.63, 3.8) is 0 Å². The van der Waals surface area contributed by atoms with Crippen LogP contribution in [0.5, 0.6) is 0 Å². The second-order valence-corrected chi connectivity index (χ2v) is 155. The second-order valence-electron chi connectivity index (χ2n) is 14.6. The normalized spacial score (nSPS) is 16.2. The maximum Gasteiger partial charge on any atom is 0.270 e. The summed E-state index contributed by atoms with van der Waals surface area (Å²) in [4.78, 5) is 9.11. The zero-order valence-electron chi connectivity index (χ0n) is 38.8. The van der Waals surface area contributed by atoms with Gasteiger partial charge in [-0.05, 0) is 161 Å². The van der Waals surface area contributed by atoms with E-state index in [4.69, 9.17) is 14.9 Å². The number of benzene rings is 2. The summed E-state index contributed by atoms with van der Waals surface area (Å²) >= 11 is 0. The maximum absolute atomic E-state index is 12.6. The monoisotopic (exact) mass is 1620 g/mol. The van der Waals surface area contributed by atoms with Crippen LogP contribution >= 0.6 is 273 Å². The van der Waals surface area contributed by atoms with Gasteiger partial charge in [-0.25, -0.2) is 18.4 Å². The molecule has 3 heterocycles. The summed E-state index contributed by atoms with van der Waals surface area (Å²) in [5.41, 5.74) is 9.46. The van der Waals surface area contributed by atoms with E-state index in [9.17, 15) is 8.42 Å². The highest BCUT2D eigenvalue weighted by Gasteiger charge is 2.52. The summed E-state index contributed by atoms with van der Waals surface area (Å²) in [5, 5.41) is 11.3. The van der Waals surface area contributed by atoms with E-state index in [2.05, 4.69) is 186 Å². The number of aromatic nitrogens is 4. The molecule has 0 spiro atoms. The largest absolute Gasteiger partial charge is 0.414 e. The Morgan fingerprint density at radius 1 is 0.625 bits per heavy atom. The molecule has 2 aromatic carbocycles. The summed E-state index contributed by atoms with van der Waals surface area (Å²) in [6, 6.07) is 14.9. The van der Waals surface area contributed by atoms with Crippen molar-refractivity contribution in [2.24, 2.45) is 0 Å². The number of nitrogen functional groups attached to an aromatic ring is 1. The molecule has 1 fully saturated rings. The van der Waals surface area contributed by atoms with Crippen LogP contribution in [0.15, 0.2) is 64.0 Å². The lowest BCUT2D eigenvalue weighted by Crippen LogP contribution is -2.28. The van der Waals surface area contributed by atoms with Crippen molar-refractivity contribution in [3.05, 3.63) is 60.3 Å². The molecule has 3 N–H and O–H groups in total. The molecule has 72 heavy (non-hydrogen) atoms. The van der Waals surface area contributed by atoms with Crippen molar-refractivity contribution in [3.8, 4) is 34.3 Å². The van der Waals surface area contributed by atoms with Gasteiger partial charge in [-0.1, -0.05) is 31.2 Å². The zero-order valence-corrected chi connectivity index (χ0v) is 74.8. The van der Waals surface area contributed by atoms with Crippen LogP contribution in [0.2, 0.25) is 0 Å². The van der Waals surface area contributed by atoms with Crippen LogP contribution < -0.4 is 11.1 Å². The Kier molecular flexibility index (Phi) is 39.8. The SMILES string of the molecule is CCC(C)S(=O)(=O)c1ccc(-c2cnc(N)c(-c3nnc(-c4ccc(CN[C@@H]5CCOC5)cc4)o3)n2)cc1.PP(P)P(P(P)P)P(P(P)P)P(P(P(P)P)P(P)P)P(P(P(P)P)P(P)P)P(P(P)P)P(P)P. The molecule has 22 atom stereocenters. The number of nitrogens with zero attached hydrogens (tertiary/aromatic N) is 4. The third-order valence-electron chi connectivity index (χ3n) is 9.56. The van der Waals surface area contributed by atoms with E-state index in [1.165, 1.54) is 6.20 Å². The first-order chi connectivity index (χ1) is 33.7. The Balaban J connectivity index is 0.000000316. The van der Waals surface area contributed by atoms with Crippen LogP contribution in [0.25, 0.3) is 34.3 Å². The van der Waals surface area contributed by atoms with E-state index in [1.54, 1.807) is 31.2 Å². The van der Waals surface area contributed by atoms with Gasteiger partial charge in [-0.15, -0.1) is 171 Å². The van der Waals surface area contributed by atoms with Crippen LogP contribution in [0.1, 0.15) is 32.3 Å². The van der Waals surface area contributed by atoms with Gasteiger partial charge in [0.2, 0.25) is 5.89 Å². The first-order valence-corrected chi connectivity index (χ1v) is 82.9. The molecule has 10 nitrogen and oxygen atoms in total. The molecule has 0 saturated carbocycles. The summed E-state index contributed by atoms with van der Waals surface area (Å²) in [6.07, 6.45) is 3.10. The number of hydrogen-bond donors (Lipinski definition) is 2. The quantitative estimate of drug-likeness (QED) is 0.0650. The number of ether oxygens (including phenoxy) is 1. The highest BCUT2D eigenvalue weighted by molar-refractivity contribution is 9.46. The van der Waals surface area contributed by atoms with Crippen molar-refractivity contribution in [2.45, 2.75) is 49.4 Å². The van der Waals surface area contributed by atoms with Gasteiger partial charge in [0.25, 0.3) is 5.89 Å². The van der Waals surface area contributed by atoms with Crippen LogP contribution in [0, 0.1) is 0 Å². The third kappa shape index (κ3) is 22.7. The Morgan fingerprint density at radius 2 is 1.06 bits per heavy atom. The van der Waals surface area contributed by atoms with Crippen LogP contribution in [0.4, 0.5) is 5.82 Å². The van der Waals surface area contributed by atoms with E-state index in [1.807, 2.05) is 31.2 Å². The van der Waals surface area contributed by atoms with Gasteiger partial charge in [0.15, 0.2) is 21.3 Å². The molecule has 1 aliphatic heterocycles. The van der Waals surface area contributed by atoms with Crippen molar-refractivity contribution in [2.75, 3.05) is 18.9 Å². The first kappa shape index (κ1) is 75.4. The minimum atomic E-state index is -3.38. The molecular weight excluding hydrogens is 1560 g/mol. The smallest absolute Gasteiger partial charge is 0.270 e. The molecule has 21 unspecified atom stereocenters. The van der Waals surface area contributed by atoms with Gasteiger partial charge in [0, 0.05) is 30.3 Å². The standard InChI is InChI=1S/C27H30N6O4S.H36P34/c1-3-17(2)38(34,35)22-10-8-19(9-11-22)23-15-30-25(28)24(31-23)27-33-32-26(37-27)20-6-4-18(5-7-20)14-29-21-12-13-36-16-21;1-19(2)28(20(3)4)32(27(17)18)34(31(25(13)14)26(15)16)33(29(21(5)6)22(7)8)30(23(9)10)24(11)12/h4-11,15,17,21,29H,3,12-14,16H2,1-2H3,(H2,28,30);1-18H2/t17?,21-;/m1./s1. The lowest BCUT2D eigenvalue weighted by atomic mass is 10.1. The summed E-state index contributed by atoms with van der Waals surface area (Å²) in [5.74, 6) is 0.641. The van der Waals surface area contributed by atoms with Crippen molar-refractivity contribution < 1.29 is 17.6 Å². The number of hydrogen-bond acceptors (Lipinski definition) is 10. The number of nitrogens with one attached hydrogen (secondary N) is 1. The zero-order chi connectivity index (χ0) is 53.9. The Bertz CT molecular complexity index is 2320. The Morgan fingerprint density at radius 3 is 1.49 bits per heavy atom. The topological polar surface area (TPSA) is 146 Å². The minimum absolute atomic E-state index is 0.000249. The second kappa shape index (κ2) is 38.0. The van der Waals surface area contributed by atoms with E-state index in [0.29, 0.717) is 29.6 Å². The van der Waals surface area contributed by atoms with Gasteiger partial charge in [0.05, 0.1) is 28.6 Å². The predicted octanol–water partition coefficient (Wildman–Crippen LogP) is 23.5. The Labute approximate surface area is 489 Å². The molecule has 2 aromatic heterocycles. The van der Waals surface area contributed by atoms with Gasteiger partial charge < -0.3 is 20.2 Å². The molecule has 4 aromatic rings. The molecule has 45 heteroatoms. The van der Waals surface area contributed by atoms with Crippen molar-refractivity contribution in [1.29, 1.82) is 0 Å². The fraction of sp³-hybridized carbons (Fsp3) is 0.333. The number of rotatable bonds is 24. The lowest BCUT2D eigenvalue weighted by Gasteiger charge is -2.54. The molecule has 0 aliphatic carbocycles. The van der Waals surface area contributed by atoms with E-state index in [0.717, 1.165) is 37.3 Å². The highest BCUT2D eigenvalue weighted by Crippen LogP contribution is 3.40. The van der Waals surface area contributed by atoms with Gasteiger partial charge >= 0.3 is 0 Å². The summed E-state index contributed by atoms with van der Waals surface area (Å²) in [6.45, 7) is 5.10. The number of sulfone groups is 1. The van der Waals surface area contributed by atoms with E-state index in [-0.39, 0.29) is 134 Å². The molecule has 404 valence electrons. The van der Waals surface area contributed by atoms with Crippen molar-refractivity contribution >= 4 is 288 Å². The number of anilines is 1. The molecule has 0 amide bonds. The fourth-order valence-electron chi connectivity index (χ4n) is 6.02. The maximum atomic E-state index is 12.6. The lowest BCUT2D eigenvalue weighted by molar-refractivity contribution is 0.190. The van der Waals surface area contributed by atoms with Crippen LogP contribution in [-0.2, 0) is 21.1 Å². The predicted molar refractivity (Wildman–Crippen MR) is 429 cm³/mol. The average Bonchev–Trinajstić information content (AvgIpc) is 4.02. The number of nitrogens with two attached hydrogens (primary N) is 1. The van der Waals surface area contributed by atoms with Crippen molar-refractivity contribution in [1.82, 2.24) is 25.5 Å². The van der Waals surface area contributed by atoms with Gasteiger partial charge in [-0.2, -0.15) is 0 Å².